The highest BCUT2D eigenvalue weighted by molar-refractivity contribution is 5.86. The topological polar surface area (TPSA) is 85.7 Å². The molecule has 0 aliphatic carbocycles. The third-order valence-electron chi connectivity index (χ3n) is 4.83. The molecule has 3 heterocycles. The highest BCUT2D eigenvalue weighted by Crippen LogP contribution is 2.30. The van der Waals surface area contributed by atoms with E-state index in [0.29, 0.717) is 28.3 Å². The Kier molecular flexibility index (Phi) is 3.87. The van der Waals surface area contributed by atoms with E-state index < -0.39 is 0 Å². The zero-order chi connectivity index (χ0) is 20.0. The minimum atomic E-state index is -0.266. The molecular weight excluding hydrogens is 366 g/mol. The highest BCUT2D eigenvalue weighted by atomic mass is 16.5. The lowest BCUT2D eigenvalue weighted by Crippen LogP contribution is -2.11. The maximum Gasteiger partial charge on any atom is 0.262 e. The van der Waals surface area contributed by atoms with Gasteiger partial charge in [0.2, 0.25) is 5.88 Å². The van der Waals surface area contributed by atoms with Crippen LogP contribution in [0, 0.1) is 6.92 Å². The number of aromatic amines is 1. The molecule has 3 aromatic heterocycles. The predicted octanol–water partition coefficient (Wildman–Crippen LogP) is 3.64. The van der Waals surface area contributed by atoms with Gasteiger partial charge in [-0.1, -0.05) is 30.3 Å². The van der Waals surface area contributed by atoms with Crippen LogP contribution in [0.5, 0.6) is 5.88 Å². The minimum Gasteiger partial charge on any atom is -0.480 e. The van der Waals surface area contributed by atoms with Crippen molar-refractivity contribution in [3.8, 4) is 23.0 Å². The number of methoxy groups -OCH3 is 1. The Bertz CT molecular complexity index is 1420. The Labute approximate surface area is 165 Å². The lowest BCUT2D eigenvalue weighted by Gasteiger charge is -2.10. The zero-order valence-electron chi connectivity index (χ0n) is 15.9. The number of para-hydroxylation sites is 1. The van der Waals surface area contributed by atoms with E-state index in [0.717, 1.165) is 22.2 Å². The molecule has 1 N–H and O–H groups in total. The molecule has 29 heavy (non-hydrogen) atoms. The number of benzene rings is 2. The Balaban J connectivity index is 1.77. The molecule has 2 aromatic carbocycles. The summed E-state index contributed by atoms with van der Waals surface area (Å²) >= 11 is 0. The molecular formula is C22H17N5O2. The molecule has 0 fully saturated rings. The van der Waals surface area contributed by atoms with Crippen LogP contribution in [-0.4, -0.2) is 31.8 Å². The first kappa shape index (κ1) is 17.1. The molecule has 0 amide bonds. The van der Waals surface area contributed by atoms with Crippen LogP contribution in [0.1, 0.15) is 5.56 Å². The van der Waals surface area contributed by atoms with Crippen LogP contribution in [-0.2, 0) is 0 Å². The Morgan fingerprint density at radius 1 is 1.03 bits per heavy atom. The number of H-pyrrole nitrogens is 1. The quantitative estimate of drug-likeness (QED) is 0.514. The van der Waals surface area contributed by atoms with Crippen molar-refractivity contribution in [3.63, 3.8) is 0 Å². The third-order valence-corrected chi connectivity index (χ3v) is 4.83. The van der Waals surface area contributed by atoms with E-state index in [-0.39, 0.29) is 5.56 Å². The molecule has 0 atom stereocenters. The summed E-state index contributed by atoms with van der Waals surface area (Å²) in [6, 6.07) is 17.5. The number of ether oxygens (including phenoxy) is 1. The second-order valence-corrected chi connectivity index (χ2v) is 6.79. The molecule has 5 rings (SSSR count). The monoisotopic (exact) mass is 383 g/mol. The van der Waals surface area contributed by atoms with Crippen LogP contribution in [0.25, 0.3) is 39.0 Å². The number of nitrogens with one attached hydrogen (secondary N) is 1. The van der Waals surface area contributed by atoms with E-state index in [9.17, 15) is 4.79 Å². The van der Waals surface area contributed by atoms with E-state index in [2.05, 4.69) is 15.1 Å². The van der Waals surface area contributed by atoms with E-state index in [1.54, 1.807) is 11.8 Å². The molecule has 0 spiro atoms. The second-order valence-electron chi connectivity index (χ2n) is 6.79. The molecule has 0 unspecified atom stereocenters. The predicted molar refractivity (Wildman–Crippen MR) is 112 cm³/mol. The largest absolute Gasteiger partial charge is 0.480 e. The summed E-state index contributed by atoms with van der Waals surface area (Å²) < 4.78 is 7.15. The maximum atomic E-state index is 12.7. The van der Waals surface area contributed by atoms with Crippen molar-refractivity contribution >= 4 is 21.9 Å². The Morgan fingerprint density at radius 2 is 1.86 bits per heavy atom. The van der Waals surface area contributed by atoms with Crippen LogP contribution >= 0.6 is 0 Å². The molecule has 0 radical (unpaired) electrons. The maximum absolute atomic E-state index is 12.7. The Hall–Kier alpha value is -4.00. The van der Waals surface area contributed by atoms with Gasteiger partial charge in [-0.05, 0) is 36.8 Å². The van der Waals surface area contributed by atoms with Crippen molar-refractivity contribution in [2.45, 2.75) is 6.92 Å². The number of aromatic nitrogens is 5. The third kappa shape index (κ3) is 2.84. The first-order valence-electron chi connectivity index (χ1n) is 9.13. The van der Waals surface area contributed by atoms with Crippen molar-refractivity contribution in [1.82, 2.24) is 24.7 Å². The van der Waals surface area contributed by atoms with Gasteiger partial charge in [0.1, 0.15) is 11.2 Å². The number of hydrogen-bond donors (Lipinski definition) is 1. The fourth-order valence-electron chi connectivity index (χ4n) is 3.39. The molecule has 142 valence electrons. The van der Waals surface area contributed by atoms with Crippen LogP contribution in [0.15, 0.2) is 65.6 Å². The van der Waals surface area contributed by atoms with Gasteiger partial charge in [-0.25, -0.2) is 14.6 Å². The number of fused-ring (bicyclic) bond motifs is 2. The average molecular weight is 383 g/mol. The number of aryl methyl sites for hydroxylation is 1. The summed E-state index contributed by atoms with van der Waals surface area (Å²) in [7, 11) is 1.55. The molecule has 0 aliphatic rings. The fourth-order valence-corrected chi connectivity index (χ4v) is 3.39. The van der Waals surface area contributed by atoms with Crippen molar-refractivity contribution in [1.29, 1.82) is 0 Å². The average Bonchev–Trinajstić information content (AvgIpc) is 3.18. The van der Waals surface area contributed by atoms with Gasteiger partial charge < -0.3 is 9.72 Å². The lowest BCUT2D eigenvalue weighted by atomic mass is 10.1. The molecule has 0 saturated heterocycles. The first-order valence-corrected chi connectivity index (χ1v) is 9.13. The summed E-state index contributed by atoms with van der Waals surface area (Å²) in [6.45, 7) is 2.01. The van der Waals surface area contributed by atoms with Crippen molar-refractivity contribution in [2.75, 3.05) is 7.11 Å². The number of pyridine rings is 1. The summed E-state index contributed by atoms with van der Waals surface area (Å²) in [4.78, 5) is 24.9. The summed E-state index contributed by atoms with van der Waals surface area (Å²) in [5, 5.41) is 5.70. The van der Waals surface area contributed by atoms with Crippen molar-refractivity contribution in [3.05, 3.63) is 76.7 Å². The number of nitrogens with zero attached hydrogens (tertiary/aromatic N) is 4. The summed E-state index contributed by atoms with van der Waals surface area (Å²) in [5.74, 6) is 0.781. The van der Waals surface area contributed by atoms with Gasteiger partial charge in [-0.2, -0.15) is 5.10 Å². The number of hydrogen-bond acceptors (Lipinski definition) is 5. The SMILES string of the molecule is COc1nc2cc(C)ccc2cc1-c1nc2c(cnn2-c2ccccc2)c(=O)[nH]1. The van der Waals surface area contributed by atoms with E-state index in [1.807, 2.05) is 61.5 Å². The Morgan fingerprint density at radius 3 is 2.66 bits per heavy atom. The summed E-state index contributed by atoms with van der Waals surface area (Å²) in [6.07, 6.45) is 1.52. The molecule has 5 aromatic rings. The second kappa shape index (κ2) is 6.56. The molecule has 0 saturated carbocycles. The number of rotatable bonds is 3. The van der Waals surface area contributed by atoms with Crippen molar-refractivity contribution < 1.29 is 4.74 Å². The van der Waals surface area contributed by atoms with Gasteiger partial charge in [0.05, 0.1) is 30.1 Å². The van der Waals surface area contributed by atoms with E-state index >= 15 is 0 Å². The van der Waals surface area contributed by atoms with E-state index in [1.165, 1.54) is 6.20 Å². The van der Waals surface area contributed by atoms with E-state index in [4.69, 9.17) is 9.72 Å². The minimum absolute atomic E-state index is 0.266. The highest BCUT2D eigenvalue weighted by Gasteiger charge is 2.16. The lowest BCUT2D eigenvalue weighted by molar-refractivity contribution is 0.401. The van der Waals surface area contributed by atoms with Crippen LogP contribution in [0.2, 0.25) is 0 Å². The van der Waals surface area contributed by atoms with Gasteiger partial charge in [0, 0.05) is 5.39 Å². The fraction of sp³-hybridized carbons (Fsp3) is 0.0909. The van der Waals surface area contributed by atoms with Crippen LogP contribution < -0.4 is 10.3 Å². The van der Waals surface area contributed by atoms with Crippen LogP contribution in [0.3, 0.4) is 0 Å². The van der Waals surface area contributed by atoms with Gasteiger partial charge in [-0.3, -0.25) is 4.79 Å². The molecule has 7 heteroatoms. The summed E-state index contributed by atoms with van der Waals surface area (Å²) in [5.41, 5.74) is 3.58. The van der Waals surface area contributed by atoms with Crippen LogP contribution in [0.4, 0.5) is 0 Å². The van der Waals surface area contributed by atoms with Gasteiger partial charge >= 0.3 is 0 Å². The first-order chi connectivity index (χ1) is 14.1. The van der Waals surface area contributed by atoms with Gasteiger partial charge in [-0.15, -0.1) is 0 Å². The molecule has 0 bridgehead atoms. The van der Waals surface area contributed by atoms with Gasteiger partial charge in [0.15, 0.2) is 5.65 Å². The molecule has 0 aliphatic heterocycles. The van der Waals surface area contributed by atoms with Gasteiger partial charge in [0.25, 0.3) is 5.56 Å². The zero-order valence-corrected chi connectivity index (χ0v) is 15.9. The normalized spacial score (nSPS) is 11.2. The van der Waals surface area contributed by atoms with Crippen molar-refractivity contribution in [2.24, 2.45) is 0 Å². The molecule has 7 nitrogen and oxygen atoms in total. The standard InChI is InChI=1S/C22H17N5O2/c1-13-8-9-14-11-16(22(29-2)24-18(14)10-13)19-25-20-17(21(28)26-19)12-23-27(20)15-6-4-3-5-7-15/h3-12H,1-2H3,(H,25,26,28). The smallest absolute Gasteiger partial charge is 0.262 e.